The maximum atomic E-state index is 12.9. The van der Waals surface area contributed by atoms with E-state index < -0.39 is 11.9 Å². The van der Waals surface area contributed by atoms with Crippen LogP contribution in [0.15, 0.2) is 30.5 Å². The first kappa shape index (κ1) is 19.5. The smallest absolute Gasteiger partial charge is 0.255 e. The lowest BCUT2D eigenvalue weighted by atomic mass is 10.0. The number of hydrogen-bond donors (Lipinski definition) is 3. The first-order chi connectivity index (χ1) is 14.6. The molecule has 1 unspecified atom stereocenters. The maximum Gasteiger partial charge on any atom is 0.255 e. The minimum Gasteiger partial charge on any atom is -0.354 e. The Bertz CT molecular complexity index is 1020. The average Bonchev–Trinajstić information content (AvgIpc) is 3.06. The van der Waals surface area contributed by atoms with E-state index in [1.54, 1.807) is 24.4 Å². The minimum atomic E-state index is -0.664. The van der Waals surface area contributed by atoms with Crippen LogP contribution in [0.4, 0.5) is 17.5 Å². The van der Waals surface area contributed by atoms with E-state index in [4.69, 9.17) is 0 Å². The number of rotatable bonds is 7. The molecule has 10 nitrogen and oxygen atoms in total. The van der Waals surface area contributed by atoms with E-state index in [1.165, 1.54) is 4.90 Å². The third-order valence-electron chi connectivity index (χ3n) is 5.05. The SMILES string of the molecule is O=CCCNc1nccc(Nc2cccc3c2CN(C2CCC(=O)NC2=O)C3=O)n1. The van der Waals surface area contributed by atoms with Crippen molar-refractivity contribution in [3.63, 3.8) is 0 Å². The van der Waals surface area contributed by atoms with E-state index in [2.05, 4.69) is 25.9 Å². The lowest BCUT2D eigenvalue weighted by molar-refractivity contribution is -0.136. The van der Waals surface area contributed by atoms with Crippen LogP contribution in [0.1, 0.15) is 35.2 Å². The molecule has 154 valence electrons. The lowest BCUT2D eigenvalue weighted by Crippen LogP contribution is -2.52. The van der Waals surface area contributed by atoms with Crippen molar-refractivity contribution >= 4 is 41.5 Å². The number of hydrogen-bond acceptors (Lipinski definition) is 8. The van der Waals surface area contributed by atoms with Crippen molar-refractivity contribution in [3.05, 3.63) is 41.6 Å². The van der Waals surface area contributed by atoms with Crippen LogP contribution in [0.5, 0.6) is 0 Å². The molecule has 1 atom stereocenters. The number of aromatic nitrogens is 2. The zero-order chi connectivity index (χ0) is 21.1. The molecule has 1 aromatic heterocycles. The monoisotopic (exact) mass is 408 g/mol. The quantitative estimate of drug-likeness (QED) is 0.351. The highest BCUT2D eigenvalue weighted by atomic mass is 16.2. The van der Waals surface area contributed by atoms with E-state index in [9.17, 15) is 19.2 Å². The Morgan fingerprint density at radius 2 is 2.10 bits per heavy atom. The van der Waals surface area contributed by atoms with E-state index >= 15 is 0 Å². The molecule has 30 heavy (non-hydrogen) atoms. The van der Waals surface area contributed by atoms with Crippen LogP contribution in [0.2, 0.25) is 0 Å². The molecule has 2 aliphatic heterocycles. The van der Waals surface area contributed by atoms with Crippen molar-refractivity contribution in [2.75, 3.05) is 17.2 Å². The molecule has 1 saturated heterocycles. The number of aldehydes is 1. The number of carbonyl (C=O) groups is 4. The third kappa shape index (κ3) is 3.84. The molecule has 0 radical (unpaired) electrons. The average molecular weight is 408 g/mol. The molecule has 2 aromatic rings. The summed E-state index contributed by atoms with van der Waals surface area (Å²) in [5.74, 6) is -0.0792. The van der Waals surface area contributed by atoms with Crippen molar-refractivity contribution in [1.82, 2.24) is 20.2 Å². The van der Waals surface area contributed by atoms with Crippen LogP contribution in [-0.4, -0.2) is 51.5 Å². The number of imide groups is 1. The fraction of sp³-hybridized carbons (Fsp3) is 0.300. The Balaban J connectivity index is 1.53. The number of piperidine rings is 1. The molecule has 0 spiro atoms. The van der Waals surface area contributed by atoms with Gasteiger partial charge >= 0.3 is 0 Å². The second kappa shape index (κ2) is 8.27. The van der Waals surface area contributed by atoms with Crippen LogP contribution >= 0.6 is 0 Å². The van der Waals surface area contributed by atoms with Gasteiger partial charge in [0.1, 0.15) is 18.1 Å². The second-order valence-electron chi connectivity index (χ2n) is 7.00. The summed E-state index contributed by atoms with van der Waals surface area (Å²) in [7, 11) is 0. The Morgan fingerprint density at radius 1 is 1.23 bits per heavy atom. The van der Waals surface area contributed by atoms with Crippen LogP contribution in [0.25, 0.3) is 0 Å². The van der Waals surface area contributed by atoms with Crippen LogP contribution < -0.4 is 16.0 Å². The molecular weight excluding hydrogens is 388 g/mol. The number of amides is 3. The predicted octanol–water partition coefficient (Wildman–Crippen LogP) is 0.982. The van der Waals surface area contributed by atoms with Crippen LogP contribution in [-0.2, 0) is 20.9 Å². The highest BCUT2D eigenvalue weighted by molar-refractivity contribution is 6.06. The lowest BCUT2D eigenvalue weighted by Gasteiger charge is -2.29. The van der Waals surface area contributed by atoms with Crippen molar-refractivity contribution in [3.8, 4) is 0 Å². The number of anilines is 3. The van der Waals surface area contributed by atoms with E-state index in [-0.39, 0.29) is 24.8 Å². The van der Waals surface area contributed by atoms with Crippen molar-refractivity contribution in [2.45, 2.75) is 31.8 Å². The molecule has 3 N–H and O–H groups in total. The third-order valence-corrected chi connectivity index (χ3v) is 5.05. The highest BCUT2D eigenvalue weighted by Crippen LogP contribution is 2.33. The predicted molar refractivity (Wildman–Crippen MR) is 107 cm³/mol. The first-order valence-electron chi connectivity index (χ1n) is 9.61. The first-order valence-corrected chi connectivity index (χ1v) is 9.61. The Hall–Kier alpha value is -3.82. The van der Waals surface area contributed by atoms with Gasteiger partial charge in [-0.1, -0.05) is 6.07 Å². The number of carbonyl (C=O) groups excluding carboxylic acids is 4. The molecule has 4 rings (SSSR count). The standard InChI is InChI=1S/C20H20N6O4/c27-10-2-8-21-20-22-9-7-16(24-20)23-14-4-1-3-12-13(14)11-26(19(12)30)15-5-6-17(28)25-18(15)29/h1,3-4,7,9-10,15H,2,5-6,8,11H2,(H,25,28,29)(H2,21,22,23,24). The molecule has 1 aromatic carbocycles. The van der Waals surface area contributed by atoms with Gasteiger partial charge in [-0.2, -0.15) is 4.98 Å². The van der Waals surface area contributed by atoms with E-state index in [0.29, 0.717) is 42.4 Å². The topological polar surface area (TPSA) is 133 Å². The van der Waals surface area contributed by atoms with Gasteiger partial charge in [-0.15, -0.1) is 0 Å². The summed E-state index contributed by atoms with van der Waals surface area (Å²) in [5, 5.41) is 8.47. The van der Waals surface area contributed by atoms with Crippen molar-refractivity contribution in [1.29, 1.82) is 0 Å². The summed E-state index contributed by atoms with van der Waals surface area (Å²) >= 11 is 0. The molecule has 3 heterocycles. The Labute approximate surface area is 172 Å². The summed E-state index contributed by atoms with van der Waals surface area (Å²) in [5.41, 5.74) is 1.98. The number of nitrogens with one attached hydrogen (secondary N) is 3. The summed E-state index contributed by atoms with van der Waals surface area (Å²) in [6.45, 7) is 0.697. The molecule has 0 aliphatic carbocycles. The summed E-state index contributed by atoms with van der Waals surface area (Å²) in [4.78, 5) is 57.0. The van der Waals surface area contributed by atoms with Gasteiger partial charge in [0.25, 0.3) is 5.91 Å². The molecule has 2 aliphatic rings. The van der Waals surface area contributed by atoms with Crippen LogP contribution in [0, 0.1) is 0 Å². The molecule has 1 fully saturated rings. The fourth-order valence-electron chi connectivity index (χ4n) is 3.60. The minimum absolute atomic E-state index is 0.211. The van der Waals surface area contributed by atoms with Gasteiger partial charge in [0.15, 0.2) is 0 Å². The van der Waals surface area contributed by atoms with Crippen molar-refractivity contribution < 1.29 is 19.2 Å². The van der Waals surface area contributed by atoms with Gasteiger partial charge in [0.05, 0.1) is 0 Å². The molecule has 3 amide bonds. The Kier molecular flexibility index (Phi) is 5.38. The molecular formula is C20H20N6O4. The van der Waals surface area contributed by atoms with Gasteiger partial charge in [-0.3, -0.25) is 19.7 Å². The maximum absolute atomic E-state index is 12.9. The van der Waals surface area contributed by atoms with Crippen molar-refractivity contribution in [2.24, 2.45) is 0 Å². The molecule has 0 bridgehead atoms. The zero-order valence-electron chi connectivity index (χ0n) is 16.1. The number of nitrogens with zero attached hydrogens (tertiary/aromatic N) is 3. The fourth-order valence-corrected chi connectivity index (χ4v) is 3.60. The number of fused-ring (bicyclic) bond motifs is 1. The number of benzene rings is 1. The summed E-state index contributed by atoms with van der Waals surface area (Å²) in [6, 6.07) is 6.35. The van der Waals surface area contributed by atoms with Gasteiger partial charge in [0, 0.05) is 48.9 Å². The van der Waals surface area contributed by atoms with Gasteiger partial charge < -0.3 is 20.3 Å². The largest absolute Gasteiger partial charge is 0.354 e. The second-order valence-corrected chi connectivity index (χ2v) is 7.00. The van der Waals surface area contributed by atoms with Crippen LogP contribution in [0.3, 0.4) is 0 Å². The van der Waals surface area contributed by atoms with Gasteiger partial charge in [-0.05, 0) is 24.6 Å². The van der Waals surface area contributed by atoms with Gasteiger partial charge in [0.2, 0.25) is 17.8 Å². The molecule has 0 saturated carbocycles. The molecule has 10 heteroatoms. The van der Waals surface area contributed by atoms with E-state index in [0.717, 1.165) is 11.8 Å². The summed E-state index contributed by atoms with van der Waals surface area (Å²) < 4.78 is 0. The Morgan fingerprint density at radius 3 is 2.90 bits per heavy atom. The van der Waals surface area contributed by atoms with Gasteiger partial charge in [-0.25, -0.2) is 4.98 Å². The summed E-state index contributed by atoms with van der Waals surface area (Å²) in [6.07, 6.45) is 3.28. The zero-order valence-corrected chi connectivity index (χ0v) is 16.1. The normalized spacial score (nSPS) is 18.1. The highest BCUT2D eigenvalue weighted by Gasteiger charge is 2.39. The van der Waals surface area contributed by atoms with E-state index in [1.807, 2.05) is 6.07 Å².